The molecule has 0 bridgehead atoms. The van der Waals surface area contributed by atoms with Crippen molar-refractivity contribution in [1.29, 1.82) is 0 Å². The summed E-state index contributed by atoms with van der Waals surface area (Å²) in [6.45, 7) is 6.56. The molecule has 0 aliphatic rings. The van der Waals surface area contributed by atoms with Crippen LogP contribution < -0.4 is 10.6 Å². The van der Waals surface area contributed by atoms with E-state index in [2.05, 4.69) is 26.6 Å². The average molecular weight is 327 g/mol. The Morgan fingerprint density at radius 3 is 2.53 bits per heavy atom. The highest BCUT2D eigenvalue weighted by Crippen LogP contribution is 2.20. The van der Waals surface area contributed by atoms with Crippen molar-refractivity contribution in [2.24, 2.45) is 5.92 Å². The van der Waals surface area contributed by atoms with E-state index < -0.39 is 0 Å². The average Bonchev–Trinajstić information content (AvgIpc) is 2.31. The summed E-state index contributed by atoms with van der Waals surface area (Å²) >= 11 is 3.40. The van der Waals surface area contributed by atoms with E-state index in [1.807, 2.05) is 39.0 Å². The number of aryl methyl sites for hydroxylation is 1. The molecule has 5 heteroatoms. The van der Waals surface area contributed by atoms with Crippen molar-refractivity contribution in [3.63, 3.8) is 0 Å². The number of nitrogens with one attached hydrogen (secondary N) is 2. The minimum Gasteiger partial charge on any atom is -0.355 e. The molecule has 0 unspecified atom stereocenters. The quantitative estimate of drug-likeness (QED) is 0.817. The fourth-order valence-corrected chi connectivity index (χ4v) is 1.78. The lowest BCUT2D eigenvalue weighted by Crippen LogP contribution is -2.30. The highest BCUT2D eigenvalue weighted by Gasteiger charge is 2.10. The van der Waals surface area contributed by atoms with Crippen LogP contribution >= 0.6 is 15.9 Å². The highest BCUT2D eigenvalue weighted by atomic mass is 79.9. The van der Waals surface area contributed by atoms with Gasteiger partial charge in [-0.2, -0.15) is 0 Å². The lowest BCUT2D eigenvalue weighted by Gasteiger charge is -2.09. The molecule has 1 aromatic rings. The van der Waals surface area contributed by atoms with E-state index in [1.165, 1.54) is 0 Å². The second kappa shape index (κ2) is 7.28. The number of halogens is 1. The van der Waals surface area contributed by atoms with Crippen molar-refractivity contribution >= 4 is 33.4 Å². The fraction of sp³-hybridized carbons (Fsp3) is 0.429. The number of carbonyl (C=O) groups is 2. The SMILES string of the molecule is Cc1ccc(NC(=O)CC(=O)NCC(C)C)cc1Br. The molecule has 0 spiro atoms. The van der Waals surface area contributed by atoms with Gasteiger partial charge in [0.1, 0.15) is 6.42 Å². The van der Waals surface area contributed by atoms with Gasteiger partial charge in [0.05, 0.1) is 0 Å². The molecule has 0 atom stereocenters. The third kappa shape index (κ3) is 5.87. The Balaban J connectivity index is 2.46. The van der Waals surface area contributed by atoms with E-state index in [9.17, 15) is 9.59 Å². The van der Waals surface area contributed by atoms with Crippen LogP contribution in [0.15, 0.2) is 22.7 Å². The monoisotopic (exact) mass is 326 g/mol. The maximum Gasteiger partial charge on any atom is 0.233 e. The molecule has 2 N–H and O–H groups in total. The summed E-state index contributed by atoms with van der Waals surface area (Å²) in [6.07, 6.45) is -0.155. The van der Waals surface area contributed by atoms with Gasteiger partial charge in [-0.15, -0.1) is 0 Å². The minimum atomic E-state index is -0.308. The normalized spacial score (nSPS) is 10.4. The Labute approximate surface area is 122 Å². The molecule has 19 heavy (non-hydrogen) atoms. The minimum absolute atomic E-state index is 0.155. The van der Waals surface area contributed by atoms with Crippen molar-refractivity contribution in [2.75, 3.05) is 11.9 Å². The van der Waals surface area contributed by atoms with Crippen molar-refractivity contribution in [1.82, 2.24) is 5.32 Å². The summed E-state index contributed by atoms with van der Waals surface area (Å²) in [7, 11) is 0. The van der Waals surface area contributed by atoms with E-state index in [-0.39, 0.29) is 18.2 Å². The summed E-state index contributed by atoms with van der Waals surface area (Å²) in [4.78, 5) is 23.2. The van der Waals surface area contributed by atoms with Gasteiger partial charge in [-0.3, -0.25) is 9.59 Å². The Morgan fingerprint density at radius 2 is 1.95 bits per heavy atom. The summed E-state index contributed by atoms with van der Waals surface area (Å²) in [5.41, 5.74) is 1.77. The second-order valence-electron chi connectivity index (χ2n) is 4.89. The first-order valence-corrected chi connectivity index (χ1v) is 7.00. The molecule has 1 rings (SSSR count). The van der Waals surface area contributed by atoms with Gasteiger partial charge in [0.25, 0.3) is 0 Å². The van der Waals surface area contributed by atoms with E-state index in [1.54, 1.807) is 0 Å². The number of anilines is 1. The molecule has 1 aromatic carbocycles. The Hall–Kier alpha value is -1.36. The molecule has 0 aromatic heterocycles. The molecule has 4 nitrogen and oxygen atoms in total. The number of benzene rings is 1. The van der Waals surface area contributed by atoms with Crippen LogP contribution in [0.2, 0.25) is 0 Å². The van der Waals surface area contributed by atoms with Gasteiger partial charge in [0.15, 0.2) is 0 Å². The molecule has 0 radical (unpaired) electrons. The van der Waals surface area contributed by atoms with Crippen molar-refractivity contribution in [3.05, 3.63) is 28.2 Å². The third-order valence-electron chi connectivity index (χ3n) is 2.48. The molecule has 0 saturated heterocycles. The third-order valence-corrected chi connectivity index (χ3v) is 3.34. The zero-order chi connectivity index (χ0) is 14.4. The van der Waals surface area contributed by atoms with E-state index in [0.29, 0.717) is 18.2 Å². The van der Waals surface area contributed by atoms with Crippen LogP contribution in [0.5, 0.6) is 0 Å². The van der Waals surface area contributed by atoms with Crippen molar-refractivity contribution < 1.29 is 9.59 Å². The number of carbonyl (C=O) groups excluding carboxylic acids is 2. The van der Waals surface area contributed by atoms with Gasteiger partial charge < -0.3 is 10.6 Å². The smallest absolute Gasteiger partial charge is 0.233 e. The molecular formula is C14H19BrN2O2. The summed E-state index contributed by atoms with van der Waals surface area (Å²) in [5.74, 6) is -0.186. The first-order valence-electron chi connectivity index (χ1n) is 6.21. The lowest BCUT2D eigenvalue weighted by molar-refractivity contribution is -0.126. The van der Waals surface area contributed by atoms with Gasteiger partial charge in [-0.1, -0.05) is 35.8 Å². The van der Waals surface area contributed by atoms with E-state index in [4.69, 9.17) is 0 Å². The van der Waals surface area contributed by atoms with Crippen molar-refractivity contribution in [2.45, 2.75) is 27.2 Å². The first kappa shape index (κ1) is 15.7. The molecule has 104 valence electrons. The number of rotatable bonds is 5. The zero-order valence-corrected chi connectivity index (χ0v) is 13.0. The van der Waals surface area contributed by atoms with Crippen molar-refractivity contribution in [3.8, 4) is 0 Å². The Morgan fingerprint density at radius 1 is 1.26 bits per heavy atom. The van der Waals surface area contributed by atoms with Crippen LogP contribution in [0.3, 0.4) is 0 Å². The Kier molecular flexibility index (Phi) is 6.02. The maximum absolute atomic E-state index is 11.7. The van der Waals surface area contributed by atoms with E-state index >= 15 is 0 Å². The van der Waals surface area contributed by atoms with Gasteiger partial charge in [-0.25, -0.2) is 0 Å². The van der Waals surface area contributed by atoms with Gasteiger partial charge >= 0.3 is 0 Å². The summed E-state index contributed by atoms with van der Waals surface area (Å²) in [5, 5.41) is 5.41. The van der Waals surface area contributed by atoms with Crippen LogP contribution in [0, 0.1) is 12.8 Å². The summed E-state index contributed by atoms with van der Waals surface area (Å²) in [6, 6.07) is 5.53. The largest absolute Gasteiger partial charge is 0.355 e. The molecule has 0 saturated carbocycles. The fourth-order valence-electron chi connectivity index (χ4n) is 1.40. The first-order chi connectivity index (χ1) is 8.88. The van der Waals surface area contributed by atoms with Crippen LogP contribution in [-0.4, -0.2) is 18.4 Å². The van der Waals surface area contributed by atoms with Crippen LogP contribution in [0.4, 0.5) is 5.69 Å². The second-order valence-corrected chi connectivity index (χ2v) is 5.74. The topological polar surface area (TPSA) is 58.2 Å². The van der Waals surface area contributed by atoms with Gasteiger partial charge in [0.2, 0.25) is 11.8 Å². The highest BCUT2D eigenvalue weighted by molar-refractivity contribution is 9.10. The molecule has 0 fully saturated rings. The van der Waals surface area contributed by atoms with E-state index in [0.717, 1.165) is 10.0 Å². The summed E-state index contributed by atoms with van der Waals surface area (Å²) < 4.78 is 0.926. The standard InChI is InChI=1S/C14H19BrN2O2/c1-9(2)8-16-13(18)7-14(19)17-11-5-4-10(3)12(15)6-11/h4-6,9H,7-8H2,1-3H3,(H,16,18)(H,17,19). The van der Waals surface area contributed by atoms with Gasteiger partial charge in [-0.05, 0) is 30.5 Å². The van der Waals surface area contributed by atoms with Gasteiger partial charge in [0, 0.05) is 16.7 Å². The molecule has 0 aliphatic heterocycles. The number of hydrogen-bond acceptors (Lipinski definition) is 2. The Bertz CT molecular complexity index is 473. The lowest BCUT2D eigenvalue weighted by atomic mass is 10.2. The molecular weight excluding hydrogens is 308 g/mol. The van der Waals surface area contributed by atoms with Crippen LogP contribution in [0.25, 0.3) is 0 Å². The molecule has 0 heterocycles. The number of amides is 2. The van der Waals surface area contributed by atoms with Crippen LogP contribution in [0.1, 0.15) is 25.8 Å². The molecule has 2 amide bonds. The number of hydrogen-bond donors (Lipinski definition) is 2. The maximum atomic E-state index is 11.7. The van der Waals surface area contributed by atoms with Crippen LogP contribution in [-0.2, 0) is 9.59 Å². The zero-order valence-electron chi connectivity index (χ0n) is 11.4. The predicted octanol–water partition coefficient (Wildman–Crippen LogP) is 2.86. The predicted molar refractivity (Wildman–Crippen MR) is 80.0 cm³/mol. The molecule has 0 aliphatic carbocycles.